The third-order valence-electron chi connectivity index (χ3n) is 3.55. The van der Waals surface area contributed by atoms with Crippen molar-refractivity contribution in [2.24, 2.45) is 0 Å². The van der Waals surface area contributed by atoms with Gasteiger partial charge in [-0.25, -0.2) is 0 Å². The third kappa shape index (κ3) is 2.95. The van der Waals surface area contributed by atoms with Gasteiger partial charge in [0.05, 0.1) is 18.8 Å². The molecule has 2 rings (SSSR count). The van der Waals surface area contributed by atoms with Crippen LogP contribution < -0.4 is 5.32 Å². The number of aliphatic hydroxyl groups excluding tert-OH is 2. The molecule has 0 amide bonds. The summed E-state index contributed by atoms with van der Waals surface area (Å²) in [7, 11) is 0. The summed E-state index contributed by atoms with van der Waals surface area (Å²) in [5.74, 6) is 0. The van der Waals surface area contributed by atoms with Crippen molar-refractivity contribution < 1.29 is 10.2 Å². The quantitative estimate of drug-likeness (QED) is 0.772. The van der Waals surface area contributed by atoms with Crippen LogP contribution >= 0.6 is 0 Å². The number of rotatable bonds is 5. The Balaban J connectivity index is 2.34. The van der Waals surface area contributed by atoms with Gasteiger partial charge in [-0.3, -0.25) is 0 Å². The maximum absolute atomic E-state index is 9.37. The molecule has 3 N–H and O–H groups in total. The van der Waals surface area contributed by atoms with Crippen LogP contribution in [0.1, 0.15) is 25.5 Å². The first-order valence-corrected chi connectivity index (χ1v) is 6.57. The summed E-state index contributed by atoms with van der Waals surface area (Å²) in [6.07, 6.45) is 0. The molecule has 0 aromatic heterocycles. The van der Waals surface area contributed by atoms with E-state index >= 15 is 0 Å². The molecule has 0 radical (unpaired) electrons. The summed E-state index contributed by atoms with van der Waals surface area (Å²) >= 11 is 0. The highest BCUT2D eigenvalue weighted by atomic mass is 16.3. The van der Waals surface area contributed by atoms with Crippen molar-refractivity contribution >= 4 is 10.8 Å². The molecule has 102 valence electrons. The standard InChI is InChI=1S/C16H21NO2/c1-12(17-16(2,10-18)11-19)14-9-5-7-13-6-3-4-8-15(13)14/h3-9,12,17-19H,10-11H2,1-2H3. The van der Waals surface area contributed by atoms with Crippen LogP contribution in [0, 0.1) is 0 Å². The average Bonchev–Trinajstić information content (AvgIpc) is 2.46. The van der Waals surface area contributed by atoms with E-state index < -0.39 is 5.54 Å². The fourth-order valence-electron chi connectivity index (χ4n) is 2.37. The second kappa shape index (κ2) is 5.70. The van der Waals surface area contributed by atoms with Crippen LogP contribution in [0.25, 0.3) is 10.8 Å². The van der Waals surface area contributed by atoms with E-state index in [0.29, 0.717) is 0 Å². The predicted molar refractivity (Wildman–Crippen MR) is 78.1 cm³/mol. The molecule has 0 spiro atoms. The Labute approximate surface area is 113 Å². The number of benzene rings is 2. The van der Waals surface area contributed by atoms with E-state index in [2.05, 4.69) is 29.6 Å². The van der Waals surface area contributed by atoms with E-state index in [1.165, 1.54) is 16.3 Å². The van der Waals surface area contributed by atoms with Gasteiger partial charge in [0.2, 0.25) is 0 Å². The molecule has 0 saturated heterocycles. The van der Waals surface area contributed by atoms with Crippen LogP contribution in [-0.2, 0) is 0 Å². The number of hydrogen-bond acceptors (Lipinski definition) is 3. The molecule has 1 atom stereocenters. The Hall–Kier alpha value is -1.42. The van der Waals surface area contributed by atoms with Gasteiger partial charge in [-0.1, -0.05) is 42.5 Å². The van der Waals surface area contributed by atoms with Crippen molar-refractivity contribution in [2.45, 2.75) is 25.4 Å². The Morgan fingerprint density at radius 2 is 1.68 bits per heavy atom. The van der Waals surface area contributed by atoms with E-state index in [1.54, 1.807) is 0 Å². The van der Waals surface area contributed by atoms with Crippen molar-refractivity contribution in [3.05, 3.63) is 48.0 Å². The SMILES string of the molecule is CC(NC(C)(CO)CO)c1cccc2ccccc12. The zero-order chi connectivity index (χ0) is 13.9. The topological polar surface area (TPSA) is 52.5 Å². The molecule has 0 bridgehead atoms. The molecule has 2 aromatic carbocycles. The summed E-state index contributed by atoms with van der Waals surface area (Å²) < 4.78 is 0. The highest BCUT2D eigenvalue weighted by Gasteiger charge is 2.25. The molecule has 0 heterocycles. The van der Waals surface area contributed by atoms with Crippen molar-refractivity contribution in [2.75, 3.05) is 13.2 Å². The maximum Gasteiger partial charge on any atom is 0.0633 e. The molecule has 19 heavy (non-hydrogen) atoms. The second-order valence-corrected chi connectivity index (χ2v) is 5.31. The number of hydrogen-bond donors (Lipinski definition) is 3. The lowest BCUT2D eigenvalue weighted by Crippen LogP contribution is -2.49. The monoisotopic (exact) mass is 259 g/mol. The summed E-state index contributed by atoms with van der Waals surface area (Å²) in [6, 6.07) is 14.5. The van der Waals surface area contributed by atoms with Gasteiger partial charge in [-0.05, 0) is 30.2 Å². The minimum Gasteiger partial charge on any atom is -0.394 e. The molecule has 3 heteroatoms. The fraction of sp³-hybridized carbons (Fsp3) is 0.375. The molecule has 3 nitrogen and oxygen atoms in total. The number of fused-ring (bicyclic) bond motifs is 1. The lowest BCUT2D eigenvalue weighted by molar-refractivity contribution is 0.0959. The lowest BCUT2D eigenvalue weighted by atomic mass is 9.96. The summed E-state index contributed by atoms with van der Waals surface area (Å²) in [5.41, 5.74) is 0.502. The van der Waals surface area contributed by atoms with Gasteiger partial charge in [-0.2, -0.15) is 0 Å². The third-order valence-corrected chi connectivity index (χ3v) is 3.55. The zero-order valence-electron chi connectivity index (χ0n) is 11.4. The molecule has 0 aliphatic rings. The highest BCUT2D eigenvalue weighted by Crippen LogP contribution is 2.25. The van der Waals surface area contributed by atoms with Crippen molar-refractivity contribution in [1.82, 2.24) is 5.32 Å². The second-order valence-electron chi connectivity index (χ2n) is 5.31. The average molecular weight is 259 g/mol. The first-order valence-electron chi connectivity index (χ1n) is 6.57. The van der Waals surface area contributed by atoms with Crippen molar-refractivity contribution in [3.63, 3.8) is 0 Å². The fourth-order valence-corrected chi connectivity index (χ4v) is 2.37. The van der Waals surface area contributed by atoms with Gasteiger partial charge >= 0.3 is 0 Å². The zero-order valence-corrected chi connectivity index (χ0v) is 11.4. The van der Waals surface area contributed by atoms with Crippen LogP contribution in [0.5, 0.6) is 0 Å². The minimum atomic E-state index is -0.670. The number of aliphatic hydroxyl groups is 2. The van der Waals surface area contributed by atoms with E-state index in [0.717, 1.165) is 0 Å². The minimum absolute atomic E-state index is 0.0513. The Kier molecular flexibility index (Phi) is 4.20. The molecule has 0 aliphatic carbocycles. The van der Waals surface area contributed by atoms with Gasteiger partial charge in [0.25, 0.3) is 0 Å². The van der Waals surface area contributed by atoms with Crippen molar-refractivity contribution in [3.8, 4) is 0 Å². The van der Waals surface area contributed by atoms with Gasteiger partial charge in [0, 0.05) is 6.04 Å². The van der Waals surface area contributed by atoms with E-state index in [4.69, 9.17) is 0 Å². The van der Waals surface area contributed by atoms with Gasteiger partial charge in [-0.15, -0.1) is 0 Å². The van der Waals surface area contributed by atoms with Crippen LogP contribution in [0.2, 0.25) is 0 Å². The smallest absolute Gasteiger partial charge is 0.0633 e. The van der Waals surface area contributed by atoms with Gasteiger partial charge in [0.15, 0.2) is 0 Å². The largest absolute Gasteiger partial charge is 0.394 e. The van der Waals surface area contributed by atoms with E-state index in [-0.39, 0.29) is 19.3 Å². The highest BCUT2D eigenvalue weighted by molar-refractivity contribution is 5.86. The summed E-state index contributed by atoms with van der Waals surface area (Å²) in [4.78, 5) is 0. The lowest BCUT2D eigenvalue weighted by Gasteiger charge is -2.31. The van der Waals surface area contributed by atoms with Gasteiger partial charge < -0.3 is 15.5 Å². The molecule has 0 fully saturated rings. The number of nitrogens with one attached hydrogen (secondary N) is 1. The first-order chi connectivity index (χ1) is 9.09. The van der Waals surface area contributed by atoms with Crippen LogP contribution in [0.3, 0.4) is 0 Å². The molecular weight excluding hydrogens is 238 g/mol. The predicted octanol–water partition coefficient (Wildman–Crippen LogP) is 2.23. The molecular formula is C16H21NO2. The van der Waals surface area contributed by atoms with Crippen molar-refractivity contribution in [1.29, 1.82) is 0 Å². The van der Waals surface area contributed by atoms with Crippen LogP contribution in [0.15, 0.2) is 42.5 Å². The summed E-state index contributed by atoms with van der Waals surface area (Å²) in [5, 5.41) is 24.4. The molecule has 1 unspecified atom stereocenters. The Morgan fingerprint density at radius 1 is 1.05 bits per heavy atom. The molecule has 2 aromatic rings. The first kappa shape index (κ1) is 14.0. The summed E-state index contributed by atoms with van der Waals surface area (Å²) in [6.45, 7) is 3.66. The van der Waals surface area contributed by atoms with Crippen LogP contribution in [-0.4, -0.2) is 29.0 Å². The van der Waals surface area contributed by atoms with E-state index in [1.807, 2.05) is 32.0 Å². The van der Waals surface area contributed by atoms with E-state index in [9.17, 15) is 10.2 Å². The Bertz CT molecular complexity index is 544. The maximum atomic E-state index is 9.37. The molecule has 0 aliphatic heterocycles. The van der Waals surface area contributed by atoms with Crippen LogP contribution in [0.4, 0.5) is 0 Å². The van der Waals surface area contributed by atoms with Gasteiger partial charge in [0.1, 0.15) is 0 Å². The Morgan fingerprint density at radius 3 is 2.37 bits per heavy atom. The molecule has 0 saturated carbocycles. The normalized spacial score (nSPS) is 13.7.